The number of nitro groups is 1. The maximum absolute atomic E-state index is 12.7. The van der Waals surface area contributed by atoms with Crippen LogP contribution in [-0.4, -0.2) is 23.9 Å². The number of hydrogen-bond donors (Lipinski definition) is 1. The van der Waals surface area contributed by atoms with Crippen LogP contribution in [0, 0.1) is 16.0 Å². The molecule has 0 bridgehead atoms. The molecule has 0 spiro atoms. The molecule has 0 radical (unpaired) electrons. The Morgan fingerprint density at radius 2 is 1.90 bits per heavy atom. The maximum Gasteiger partial charge on any atom is 0.293 e. The Labute approximate surface area is 169 Å². The molecule has 148 valence electrons. The second kappa shape index (κ2) is 7.91. The lowest BCUT2D eigenvalue weighted by Gasteiger charge is -2.32. The molecule has 29 heavy (non-hydrogen) atoms. The van der Waals surface area contributed by atoms with E-state index in [0.717, 1.165) is 36.7 Å². The third kappa shape index (κ3) is 4.06. The Bertz CT molecular complexity index is 1080. The minimum absolute atomic E-state index is 0.0229. The fraction of sp³-hybridized carbons (Fsp3) is 0.261. The molecule has 0 unspecified atom stereocenters. The summed E-state index contributed by atoms with van der Waals surface area (Å²) in [5.74, 6) is 0.140. The molecule has 6 heteroatoms. The first-order chi connectivity index (χ1) is 14.0. The molecule has 0 aromatic heterocycles. The van der Waals surface area contributed by atoms with Crippen molar-refractivity contribution in [2.45, 2.75) is 19.8 Å². The van der Waals surface area contributed by atoms with Gasteiger partial charge in [-0.1, -0.05) is 37.3 Å². The van der Waals surface area contributed by atoms with Gasteiger partial charge in [-0.05, 0) is 53.8 Å². The van der Waals surface area contributed by atoms with Crippen molar-refractivity contribution >= 4 is 33.7 Å². The minimum Gasteiger partial charge on any atom is -0.366 e. The smallest absolute Gasteiger partial charge is 0.293 e. The van der Waals surface area contributed by atoms with Crippen molar-refractivity contribution in [3.8, 4) is 0 Å². The van der Waals surface area contributed by atoms with E-state index in [1.807, 2.05) is 42.5 Å². The quantitative estimate of drug-likeness (QED) is 0.489. The summed E-state index contributed by atoms with van der Waals surface area (Å²) in [7, 11) is 0. The molecule has 1 fully saturated rings. The van der Waals surface area contributed by atoms with Gasteiger partial charge in [0.05, 0.1) is 4.92 Å². The van der Waals surface area contributed by atoms with Crippen molar-refractivity contribution in [2.24, 2.45) is 5.92 Å². The lowest BCUT2D eigenvalue weighted by molar-refractivity contribution is -0.384. The number of carbonyl (C=O) groups excluding carboxylic acids is 1. The summed E-state index contributed by atoms with van der Waals surface area (Å²) in [4.78, 5) is 26.0. The van der Waals surface area contributed by atoms with Gasteiger partial charge in [0, 0.05) is 30.4 Å². The molecule has 0 saturated carbocycles. The molecule has 1 saturated heterocycles. The van der Waals surface area contributed by atoms with Crippen LogP contribution in [0.3, 0.4) is 0 Å². The molecule has 6 nitrogen and oxygen atoms in total. The number of fused-ring (bicyclic) bond motifs is 1. The topological polar surface area (TPSA) is 75.5 Å². The molecule has 3 aromatic rings. The van der Waals surface area contributed by atoms with E-state index in [2.05, 4.69) is 17.1 Å². The summed E-state index contributed by atoms with van der Waals surface area (Å²) in [6, 6.07) is 18.3. The Kier molecular flexibility index (Phi) is 5.16. The number of rotatable bonds is 4. The van der Waals surface area contributed by atoms with Gasteiger partial charge in [-0.25, -0.2) is 0 Å². The number of hydrogen-bond acceptors (Lipinski definition) is 4. The zero-order valence-corrected chi connectivity index (χ0v) is 16.3. The lowest BCUT2D eigenvalue weighted by Crippen LogP contribution is -2.34. The van der Waals surface area contributed by atoms with Crippen molar-refractivity contribution in [3.63, 3.8) is 0 Å². The molecule has 1 aliphatic heterocycles. The summed E-state index contributed by atoms with van der Waals surface area (Å²) < 4.78 is 0. The van der Waals surface area contributed by atoms with Gasteiger partial charge in [-0.2, -0.15) is 0 Å². The first-order valence-corrected chi connectivity index (χ1v) is 9.85. The van der Waals surface area contributed by atoms with Gasteiger partial charge in [0.15, 0.2) is 0 Å². The van der Waals surface area contributed by atoms with E-state index in [1.165, 1.54) is 6.07 Å². The van der Waals surface area contributed by atoms with Crippen LogP contribution in [0.25, 0.3) is 10.8 Å². The third-order valence-corrected chi connectivity index (χ3v) is 5.44. The van der Waals surface area contributed by atoms with E-state index >= 15 is 0 Å². The second-order valence-corrected chi connectivity index (χ2v) is 7.67. The molecule has 1 heterocycles. The van der Waals surface area contributed by atoms with Crippen molar-refractivity contribution in [1.29, 1.82) is 0 Å². The zero-order chi connectivity index (χ0) is 20.4. The summed E-state index contributed by atoms with van der Waals surface area (Å²) >= 11 is 0. The van der Waals surface area contributed by atoms with Crippen LogP contribution in [0.2, 0.25) is 0 Å². The Hall–Kier alpha value is -3.41. The SMILES string of the molecule is C[C@@H]1CCCN(c2ccc(C(=O)Nc3ccc4ccccc4c3)cc2[N+](=O)[O-])C1. The van der Waals surface area contributed by atoms with Gasteiger partial charge in [0.1, 0.15) is 5.69 Å². The Morgan fingerprint density at radius 3 is 2.66 bits per heavy atom. The minimum atomic E-state index is -0.401. The Balaban J connectivity index is 1.59. The largest absolute Gasteiger partial charge is 0.366 e. The van der Waals surface area contributed by atoms with Gasteiger partial charge in [0.2, 0.25) is 0 Å². The average Bonchev–Trinajstić information content (AvgIpc) is 2.73. The molecule has 1 aliphatic rings. The van der Waals surface area contributed by atoms with Crippen molar-refractivity contribution < 1.29 is 9.72 Å². The average molecular weight is 389 g/mol. The van der Waals surface area contributed by atoms with Crippen LogP contribution in [0.1, 0.15) is 30.1 Å². The monoisotopic (exact) mass is 389 g/mol. The predicted molar refractivity (Wildman–Crippen MR) is 116 cm³/mol. The predicted octanol–water partition coefficient (Wildman–Crippen LogP) is 5.24. The zero-order valence-electron chi connectivity index (χ0n) is 16.3. The molecular formula is C23H23N3O3. The van der Waals surface area contributed by atoms with Gasteiger partial charge in [-0.15, -0.1) is 0 Å². The number of benzene rings is 3. The summed E-state index contributed by atoms with van der Waals surface area (Å²) in [5.41, 5.74) is 1.50. The highest BCUT2D eigenvalue weighted by Crippen LogP contribution is 2.32. The first kappa shape index (κ1) is 18.9. The number of nitro benzene ring substituents is 1. The molecule has 1 atom stereocenters. The van der Waals surface area contributed by atoms with Crippen molar-refractivity contribution in [1.82, 2.24) is 0 Å². The summed E-state index contributed by atoms with van der Waals surface area (Å²) in [5, 5.41) is 16.6. The van der Waals surface area contributed by atoms with E-state index in [4.69, 9.17) is 0 Å². The van der Waals surface area contributed by atoms with Crippen LogP contribution in [-0.2, 0) is 0 Å². The van der Waals surface area contributed by atoms with Crippen molar-refractivity contribution in [2.75, 3.05) is 23.3 Å². The lowest BCUT2D eigenvalue weighted by atomic mass is 9.99. The van der Waals surface area contributed by atoms with Crippen LogP contribution >= 0.6 is 0 Å². The maximum atomic E-state index is 12.7. The van der Waals surface area contributed by atoms with Crippen LogP contribution in [0.4, 0.5) is 17.1 Å². The molecular weight excluding hydrogens is 366 g/mol. The van der Waals surface area contributed by atoms with Gasteiger partial charge >= 0.3 is 0 Å². The first-order valence-electron chi connectivity index (χ1n) is 9.85. The summed E-state index contributed by atoms with van der Waals surface area (Å²) in [6.45, 7) is 3.75. The highest BCUT2D eigenvalue weighted by Gasteiger charge is 2.25. The molecule has 3 aromatic carbocycles. The van der Waals surface area contributed by atoms with E-state index in [1.54, 1.807) is 12.1 Å². The van der Waals surface area contributed by atoms with E-state index in [9.17, 15) is 14.9 Å². The van der Waals surface area contributed by atoms with Crippen LogP contribution < -0.4 is 10.2 Å². The highest BCUT2D eigenvalue weighted by atomic mass is 16.6. The van der Waals surface area contributed by atoms with E-state index < -0.39 is 4.92 Å². The highest BCUT2D eigenvalue weighted by molar-refractivity contribution is 6.06. The van der Waals surface area contributed by atoms with Crippen molar-refractivity contribution in [3.05, 3.63) is 76.3 Å². The molecule has 1 amide bonds. The van der Waals surface area contributed by atoms with Gasteiger partial charge in [-0.3, -0.25) is 14.9 Å². The summed E-state index contributed by atoms with van der Waals surface area (Å²) in [6.07, 6.45) is 2.15. The van der Waals surface area contributed by atoms with Gasteiger partial charge in [0.25, 0.3) is 11.6 Å². The number of carbonyl (C=O) groups is 1. The number of nitrogens with zero attached hydrogens (tertiary/aromatic N) is 2. The van der Waals surface area contributed by atoms with E-state index in [0.29, 0.717) is 17.3 Å². The normalized spacial score (nSPS) is 16.6. The number of amides is 1. The standard InChI is InChI=1S/C23H23N3O3/c1-16-5-4-12-25(15-16)21-11-9-19(14-22(21)26(28)29)23(27)24-20-10-8-17-6-2-3-7-18(17)13-20/h2-3,6-11,13-14,16H,4-5,12,15H2,1H3,(H,24,27)/t16-/m1/s1. The van der Waals surface area contributed by atoms with Crippen LogP contribution in [0.5, 0.6) is 0 Å². The van der Waals surface area contributed by atoms with E-state index in [-0.39, 0.29) is 17.2 Å². The second-order valence-electron chi connectivity index (χ2n) is 7.67. The molecule has 4 rings (SSSR count). The number of nitrogens with one attached hydrogen (secondary N) is 1. The van der Waals surface area contributed by atoms with Crippen LogP contribution in [0.15, 0.2) is 60.7 Å². The molecule has 1 N–H and O–H groups in total. The van der Waals surface area contributed by atoms with Gasteiger partial charge < -0.3 is 10.2 Å². The molecule has 0 aliphatic carbocycles. The fourth-order valence-corrected chi connectivity index (χ4v) is 3.96. The fourth-order valence-electron chi connectivity index (χ4n) is 3.96. The number of anilines is 2. The number of piperidine rings is 1. The Morgan fingerprint density at radius 1 is 1.10 bits per heavy atom. The third-order valence-electron chi connectivity index (χ3n) is 5.44.